The Balaban J connectivity index is 2.03. The van der Waals surface area contributed by atoms with Gasteiger partial charge in [-0.2, -0.15) is 0 Å². The summed E-state index contributed by atoms with van der Waals surface area (Å²) in [5.41, 5.74) is 6.68. The monoisotopic (exact) mass is 281 g/mol. The largest absolute Gasteiger partial charge is 0.493 e. The quantitative estimate of drug-likeness (QED) is 0.638. The van der Waals surface area contributed by atoms with Gasteiger partial charge >= 0.3 is 0 Å². The normalized spacial score (nSPS) is 15.2. The molecule has 0 heterocycles. The second-order valence-corrected chi connectivity index (χ2v) is 5.92. The molecule has 1 fully saturated rings. The minimum Gasteiger partial charge on any atom is -0.493 e. The van der Waals surface area contributed by atoms with E-state index in [0.717, 1.165) is 35.2 Å². The van der Waals surface area contributed by atoms with Crippen molar-refractivity contribution in [2.24, 2.45) is 11.7 Å². The number of nitrogens with two attached hydrogens (primary N) is 1. The molecule has 0 radical (unpaired) electrons. The van der Waals surface area contributed by atoms with Crippen LogP contribution in [-0.4, -0.2) is 17.9 Å². The molecule has 0 aliphatic heterocycles. The third kappa shape index (κ3) is 3.18. The predicted molar refractivity (Wildman–Crippen MR) is 81.6 cm³/mol. The second kappa shape index (κ2) is 6.43. The highest BCUT2D eigenvalue weighted by Gasteiger charge is 2.18. The highest BCUT2D eigenvalue weighted by Crippen LogP contribution is 2.31. The van der Waals surface area contributed by atoms with Gasteiger partial charge in [-0.3, -0.25) is 0 Å². The highest BCUT2D eigenvalue weighted by atomic mass is 32.2. The van der Waals surface area contributed by atoms with Crippen LogP contribution in [0.3, 0.4) is 0 Å². The Labute approximate surface area is 118 Å². The Hall–Kier alpha value is -0.740. The van der Waals surface area contributed by atoms with E-state index in [2.05, 4.69) is 0 Å². The van der Waals surface area contributed by atoms with Crippen LogP contribution in [0, 0.1) is 5.92 Å². The number of hydrogen-bond donors (Lipinski definition) is 1. The number of rotatable bonds is 6. The van der Waals surface area contributed by atoms with Crippen LogP contribution in [0.5, 0.6) is 5.75 Å². The third-order valence-corrected chi connectivity index (χ3v) is 4.45. The van der Waals surface area contributed by atoms with Crippen LogP contribution < -0.4 is 10.5 Å². The molecular formula is C14H19NOS2. The minimum atomic E-state index is 0.415. The first kappa shape index (κ1) is 13.7. The smallest absolute Gasteiger partial charge is 0.130 e. The van der Waals surface area contributed by atoms with Gasteiger partial charge in [-0.25, -0.2) is 0 Å². The molecule has 0 saturated heterocycles. The molecule has 2 N–H and O–H groups in total. The van der Waals surface area contributed by atoms with Gasteiger partial charge in [0.15, 0.2) is 0 Å². The number of thiocarbonyl (C=S) groups is 1. The molecule has 98 valence electrons. The zero-order chi connectivity index (χ0) is 13.0. The molecule has 1 aromatic carbocycles. The lowest BCUT2D eigenvalue weighted by Gasteiger charge is -2.25. The molecule has 1 aliphatic rings. The lowest BCUT2D eigenvalue weighted by atomic mass is 9.83. The summed E-state index contributed by atoms with van der Waals surface area (Å²) < 4.78 is 5.87. The van der Waals surface area contributed by atoms with E-state index in [4.69, 9.17) is 22.7 Å². The molecule has 1 saturated carbocycles. The number of thioether (sulfide) groups is 1. The van der Waals surface area contributed by atoms with Gasteiger partial charge in [-0.05, 0) is 30.7 Å². The van der Waals surface area contributed by atoms with E-state index in [0.29, 0.717) is 4.99 Å². The summed E-state index contributed by atoms with van der Waals surface area (Å²) in [5.74, 6) is 1.69. The predicted octanol–water partition coefficient (Wildman–Crippen LogP) is 3.61. The molecule has 0 amide bonds. The number of benzene rings is 1. The molecule has 0 bridgehead atoms. The van der Waals surface area contributed by atoms with Gasteiger partial charge in [0.1, 0.15) is 10.7 Å². The summed E-state index contributed by atoms with van der Waals surface area (Å²) in [7, 11) is 0. The van der Waals surface area contributed by atoms with E-state index in [1.165, 1.54) is 19.3 Å². The van der Waals surface area contributed by atoms with Crippen molar-refractivity contribution < 1.29 is 4.74 Å². The van der Waals surface area contributed by atoms with Crippen LogP contribution in [0.2, 0.25) is 0 Å². The van der Waals surface area contributed by atoms with Crippen molar-refractivity contribution in [2.75, 3.05) is 12.9 Å². The number of ether oxygens (including phenoxy) is 1. The Bertz CT molecular complexity index is 430. The molecule has 0 unspecified atom stereocenters. The van der Waals surface area contributed by atoms with E-state index >= 15 is 0 Å². The second-order valence-electron chi connectivity index (χ2n) is 4.63. The van der Waals surface area contributed by atoms with Crippen LogP contribution in [0.1, 0.15) is 31.2 Å². The maximum absolute atomic E-state index is 5.87. The molecule has 1 aliphatic carbocycles. The molecular weight excluding hydrogens is 262 g/mol. The van der Waals surface area contributed by atoms with Gasteiger partial charge in [0, 0.05) is 4.90 Å². The highest BCUT2D eigenvalue weighted by molar-refractivity contribution is 7.98. The molecule has 18 heavy (non-hydrogen) atoms. The Morgan fingerprint density at radius 1 is 1.50 bits per heavy atom. The third-order valence-electron chi connectivity index (χ3n) is 3.46. The van der Waals surface area contributed by atoms with Crippen LogP contribution in [0.25, 0.3) is 0 Å². The van der Waals surface area contributed by atoms with Gasteiger partial charge in [0.2, 0.25) is 0 Å². The lowest BCUT2D eigenvalue weighted by Crippen LogP contribution is -2.17. The maximum atomic E-state index is 5.87. The fourth-order valence-corrected chi connectivity index (χ4v) is 3.07. The average molecular weight is 281 g/mol. The van der Waals surface area contributed by atoms with Gasteiger partial charge in [0.25, 0.3) is 0 Å². The summed E-state index contributed by atoms with van der Waals surface area (Å²) in [6.45, 7) is 0.762. The summed E-state index contributed by atoms with van der Waals surface area (Å²) in [6, 6.07) is 5.97. The van der Waals surface area contributed by atoms with E-state index in [9.17, 15) is 0 Å². The zero-order valence-corrected chi connectivity index (χ0v) is 12.3. The van der Waals surface area contributed by atoms with Crippen molar-refractivity contribution in [1.29, 1.82) is 0 Å². The fourth-order valence-electron chi connectivity index (χ4n) is 2.16. The van der Waals surface area contributed by atoms with E-state index in [1.807, 2.05) is 24.5 Å². The van der Waals surface area contributed by atoms with Gasteiger partial charge in [0.05, 0.1) is 12.2 Å². The zero-order valence-electron chi connectivity index (χ0n) is 10.6. The van der Waals surface area contributed by atoms with Crippen LogP contribution in [0.15, 0.2) is 23.1 Å². The van der Waals surface area contributed by atoms with Crippen molar-refractivity contribution in [3.8, 4) is 5.75 Å². The van der Waals surface area contributed by atoms with Crippen molar-refractivity contribution >= 4 is 29.0 Å². The molecule has 2 nitrogen and oxygen atoms in total. The average Bonchev–Trinajstić information content (AvgIpc) is 2.31. The first-order chi connectivity index (χ1) is 8.72. The van der Waals surface area contributed by atoms with Crippen LogP contribution in [0.4, 0.5) is 0 Å². The summed E-state index contributed by atoms with van der Waals surface area (Å²) >= 11 is 6.77. The van der Waals surface area contributed by atoms with E-state index < -0.39 is 0 Å². The van der Waals surface area contributed by atoms with Gasteiger partial charge in [-0.1, -0.05) is 37.5 Å². The Kier molecular flexibility index (Phi) is 4.89. The van der Waals surface area contributed by atoms with Crippen molar-refractivity contribution in [3.05, 3.63) is 23.8 Å². The maximum Gasteiger partial charge on any atom is 0.130 e. The van der Waals surface area contributed by atoms with Crippen molar-refractivity contribution in [3.63, 3.8) is 0 Å². The van der Waals surface area contributed by atoms with Crippen LogP contribution in [-0.2, 0) is 0 Å². The first-order valence-corrected chi connectivity index (χ1v) is 7.95. The van der Waals surface area contributed by atoms with Gasteiger partial charge < -0.3 is 10.5 Å². The molecule has 0 atom stereocenters. The Morgan fingerprint density at radius 3 is 2.83 bits per heavy atom. The minimum absolute atomic E-state index is 0.415. The standard InChI is InChI=1S/C14H19NOS2/c1-18-12-7-3-6-11(13(12)14(15)17)16-9-8-10-4-2-5-10/h3,6-7,10H,2,4-5,8-9H2,1H3,(H2,15,17). The number of hydrogen-bond acceptors (Lipinski definition) is 3. The van der Waals surface area contributed by atoms with Crippen LogP contribution >= 0.6 is 24.0 Å². The molecule has 4 heteroatoms. The first-order valence-electron chi connectivity index (χ1n) is 6.32. The molecule has 2 rings (SSSR count). The van der Waals surface area contributed by atoms with E-state index in [1.54, 1.807) is 11.8 Å². The molecule has 1 aromatic rings. The molecule has 0 spiro atoms. The fraction of sp³-hybridized carbons (Fsp3) is 0.500. The van der Waals surface area contributed by atoms with Crippen molar-refractivity contribution in [1.82, 2.24) is 0 Å². The SMILES string of the molecule is CSc1cccc(OCCC2CCC2)c1C(N)=S. The summed E-state index contributed by atoms with van der Waals surface area (Å²) in [6.07, 6.45) is 7.26. The summed E-state index contributed by atoms with van der Waals surface area (Å²) in [5, 5.41) is 0. The molecule has 0 aromatic heterocycles. The lowest BCUT2D eigenvalue weighted by molar-refractivity contribution is 0.221. The Morgan fingerprint density at radius 2 is 2.28 bits per heavy atom. The van der Waals surface area contributed by atoms with E-state index in [-0.39, 0.29) is 0 Å². The van der Waals surface area contributed by atoms with Gasteiger partial charge in [-0.15, -0.1) is 11.8 Å². The topological polar surface area (TPSA) is 35.2 Å². The van der Waals surface area contributed by atoms with Crippen molar-refractivity contribution in [2.45, 2.75) is 30.6 Å². The summed E-state index contributed by atoms with van der Waals surface area (Å²) in [4.78, 5) is 1.50.